The fraction of sp³-hybridized carbons (Fsp3) is 0.667. The van der Waals surface area contributed by atoms with Gasteiger partial charge >= 0.3 is 17.9 Å². The molecule has 0 aliphatic heterocycles. The molecule has 6 heteroatoms. The van der Waals surface area contributed by atoms with Gasteiger partial charge in [-0.1, -0.05) is 283 Å². The number of esters is 3. The molecule has 0 rings (SSSR count). The molecule has 0 fully saturated rings. The summed E-state index contributed by atoms with van der Waals surface area (Å²) in [4.78, 5) is 38.4. The number of allylic oxidation sites excluding steroid dienone is 22. The molecule has 6 nitrogen and oxygen atoms in total. The van der Waals surface area contributed by atoms with Crippen LogP contribution in [0.15, 0.2) is 134 Å². The molecule has 1 atom stereocenters. The monoisotopic (exact) mass is 1120 g/mol. The molecule has 81 heavy (non-hydrogen) atoms. The molecule has 1 unspecified atom stereocenters. The van der Waals surface area contributed by atoms with Crippen molar-refractivity contribution in [2.24, 2.45) is 0 Å². The van der Waals surface area contributed by atoms with Crippen molar-refractivity contribution in [3.63, 3.8) is 0 Å². The third kappa shape index (κ3) is 66.2. The molecule has 0 spiro atoms. The Morgan fingerprint density at radius 2 is 0.481 bits per heavy atom. The predicted molar refractivity (Wildman–Crippen MR) is 353 cm³/mol. The average molecular weight is 1120 g/mol. The van der Waals surface area contributed by atoms with Crippen LogP contribution in [-0.2, 0) is 28.6 Å². The SMILES string of the molecule is CC/C=C\C/C=C\C/C=C\C/C=C\C/C=C\CCCCCCCCCCCC(=O)OCC(COC(=O)CCCCCCCCCCC/C=C\CCCCCCCC)OC(=O)CCCCC/C=C\C/C=C\C/C=C\C/C=C\C/C=C\CC. The van der Waals surface area contributed by atoms with Crippen LogP contribution < -0.4 is 0 Å². The molecular weight excluding hydrogens is 997 g/mol. The Labute approximate surface area is 500 Å². The Bertz CT molecular complexity index is 1720. The highest BCUT2D eigenvalue weighted by Crippen LogP contribution is 2.16. The maximum absolute atomic E-state index is 12.9. The lowest BCUT2D eigenvalue weighted by atomic mass is 10.1. The van der Waals surface area contributed by atoms with Gasteiger partial charge in [0.15, 0.2) is 6.10 Å². The molecule has 0 radical (unpaired) electrons. The zero-order valence-corrected chi connectivity index (χ0v) is 52.8. The quantitative estimate of drug-likeness (QED) is 0.0261. The van der Waals surface area contributed by atoms with E-state index in [4.69, 9.17) is 14.2 Å². The van der Waals surface area contributed by atoms with Crippen molar-refractivity contribution in [1.82, 2.24) is 0 Å². The highest BCUT2D eigenvalue weighted by molar-refractivity contribution is 5.71. The normalized spacial score (nSPS) is 13.0. The van der Waals surface area contributed by atoms with Gasteiger partial charge in [-0.05, 0) is 135 Å². The molecular formula is C75H124O6. The van der Waals surface area contributed by atoms with Gasteiger partial charge in [0.25, 0.3) is 0 Å². The topological polar surface area (TPSA) is 78.9 Å². The van der Waals surface area contributed by atoms with E-state index < -0.39 is 6.10 Å². The van der Waals surface area contributed by atoms with E-state index >= 15 is 0 Å². The number of carbonyl (C=O) groups is 3. The maximum atomic E-state index is 12.9. The Hall–Kier alpha value is -4.45. The van der Waals surface area contributed by atoms with Crippen molar-refractivity contribution in [2.45, 2.75) is 309 Å². The maximum Gasteiger partial charge on any atom is 0.306 e. The summed E-state index contributed by atoms with van der Waals surface area (Å²) in [5.41, 5.74) is 0. The summed E-state index contributed by atoms with van der Waals surface area (Å²) in [5, 5.41) is 0. The number of ether oxygens (including phenoxy) is 3. The highest BCUT2D eigenvalue weighted by atomic mass is 16.6. The number of hydrogen-bond acceptors (Lipinski definition) is 6. The van der Waals surface area contributed by atoms with E-state index in [9.17, 15) is 14.4 Å². The van der Waals surface area contributed by atoms with Crippen molar-refractivity contribution in [3.05, 3.63) is 134 Å². The number of rotatable bonds is 60. The minimum atomic E-state index is -0.806. The summed E-state index contributed by atoms with van der Waals surface area (Å²) in [6.45, 7) is 6.40. The standard InChI is InChI=1S/C75H124O6/c1-4-7-10-13-16-19-22-25-28-31-34-35-36-37-38-39-42-44-47-50-53-56-59-62-65-68-74(77)80-71-72(81-75(78)69-66-63-60-57-54-51-48-45-41-33-30-27-24-21-18-15-12-9-6-3)70-79-73(76)67-64-61-58-55-52-49-46-43-40-32-29-26-23-20-17-14-11-8-5-2/h7,9-10,12,16,18-19,21,25-30,34-35,37-38,41,45,51,54,72H,4-6,8,11,13-15,17,20,22-24,31-33,36,39-40,42-44,46-50,52-53,55-71H2,1-3H3/b10-7-,12-9-,19-16-,21-18-,28-25-,29-26-,30-27-,35-34-,38-37-,45-41-,54-51-. The summed E-state index contributed by atoms with van der Waals surface area (Å²) in [7, 11) is 0. The van der Waals surface area contributed by atoms with Gasteiger partial charge in [0, 0.05) is 19.3 Å². The van der Waals surface area contributed by atoms with Gasteiger partial charge in [0.05, 0.1) is 0 Å². The van der Waals surface area contributed by atoms with Crippen molar-refractivity contribution in [1.29, 1.82) is 0 Å². The average Bonchev–Trinajstić information content (AvgIpc) is 3.47. The Balaban J connectivity index is 4.45. The summed E-state index contributed by atoms with van der Waals surface area (Å²) in [6.07, 6.45) is 96.0. The second-order valence-electron chi connectivity index (χ2n) is 22.0. The van der Waals surface area contributed by atoms with Gasteiger partial charge < -0.3 is 14.2 Å². The molecule has 0 amide bonds. The van der Waals surface area contributed by atoms with E-state index in [1.54, 1.807) is 0 Å². The van der Waals surface area contributed by atoms with Gasteiger partial charge in [-0.2, -0.15) is 0 Å². The number of unbranched alkanes of at least 4 members (excludes halogenated alkanes) is 27. The highest BCUT2D eigenvalue weighted by Gasteiger charge is 2.19. The van der Waals surface area contributed by atoms with Crippen molar-refractivity contribution in [3.8, 4) is 0 Å². The third-order valence-corrected chi connectivity index (χ3v) is 14.1. The van der Waals surface area contributed by atoms with Gasteiger partial charge in [-0.25, -0.2) is 0 Å². The molecule has 0 saturated heterocycles. The second-order valence-corrected chi connectivity index (χ2v) is 22.0. The Morgan fingerprint density at radius 3 is 0.778 bits per heavy atom. The lowest BCUT2D eigenvalue weighted by molar-refractivity contribution is -0.167. The first kappa shape index (κ1) is 76.5. The summed E-state index contributed by atoms with van der Waals surface area (Å²) >= 11 is 0. The van der Waals surface area contributed by atoms with E-state index in [1.807, 2.05) is 0 Å². The van der Waals surface area contributed by atoms with Crippen molar-refractivity contribution < 1.29 is 28.6 Å². The molecule has 0 aliphatic rings. The molecule has 0 saturated carbocycles. The lowest BCUT2D eigenvalue weighted by Gasteiger charge is -2.18. The van der Waals surface area contributed by atoms with Crippen LogP contribution in [0.2, 0.25) is 0 Å². The van der Waals surface area contributed by atoms with Gasteiger partial charge in [0.2, 0.25) is 0 Å². The zero-order valence-electron chi connectivity index (χ0n) is 52.8. The van der Waals surface area contributed by atoms with Crippen molar-refractivity contribution >= 4 is 17.9 Å². The molecule has 0 aromatic rings. The van der Waals surface area contributed by atoms with E-state index in [0.717, 1.165) is 135 Å². The third-order valence-electron chi connectivity index (χ3n) is 14.1. The van der Waals surface area contributed by atoms with Crippen LogP contribution in [0.5, 0.6) is 0 Å². The summed E-state index contributed by atoms with van der Waals surface area (Å²) in [5.74, 6) is -0.932. The zero-order chi connectivity index (χ0) is 58.5. The Morgan fingerprint density at radius 1 is 0.259 bits per heavy atom. The molecule has 0 bridgehead atoms. The summed E-state index contributed by atoms with van der Waals surface area (Å²) < 4.78 is 16.9. The van der Waals surface area contributed by atoms with Crippen molar-refractivity contribution in [2.75, 3.05) is 13.2 Å². The molecule has 460 valence electrons. The largest absolute Gasteiger partial charge is 0.462 e. The van der Waals surface area contributed by atoms with Crippen LogP contribution >= 0.6 is 0 Å². The molecule has 0 aromatic heterocycles. The first-order valence-electron chi connectivity index (χ1n) is 33.7. The minimum Gasteiger partial charge on any atom is -0.462 e. The minimum absolute atomic E-state index is 0.0970. The fourth-order valence-corrected chi connectivity index (χ4v) is 9.14. The summed E-state index contributed by atoms with van der Waals surface area (Å²) in [6, 6.07) is 0. The van der Waals surface area contributed by atoms with Crippen LogP contribution in [0, 0.1) is 0 Å². The Kier molecular flexibility index (Phi) is 64.3. The fourth-order valence-electron chi connectivity index (χ4n) is 9.14. The second kappa shape index (κ2) is 68.1. The first-order chi connectivity index (χ1) is 40.0. The molecule has 0 aromatic carbocycles. The van der Waals surface area contributed by atoms with Gasteiger partial charge in [-0.15, -0.1) is 0 Å². The van der Waals surface area contributed by atoms with Crippen LogP contribution in [0.25, 0.3) is 0 Å². The number of hydrogen-bond donors (Lipinski definition) is 0. The van der Waals surface area contributed by atoms with E-state index in [2.05, 4.69) is 154 Å². The predicted octanol–water partition coefficient (Wildman–Crippen LogP) is 23.3. The van der Waals surface area contributed by atoms with Crippen LogP contribution in [0.4, 0.5) is 0 Å². The molecule has 0 heterocycles. The van der Waals surface area contributed by atoms with Crippen LogP contribution in [-0.4, -0.2) is 37.2 Å². The molecule has 0 aliphatic carbocycles. The molecule has 0 N–H and O–H groups in total. The van der Waals surface area contributed by atoms with E-state index in [1.165, 1.54) is 128 Å². The smallest absolute Gasteiger partial charge is 0.306 e. The number of carbonyl (C=O) groups excluding carboxylic acids is 3. The van der Waals surface area contributed by atoms with E-state index in [-0.39, 0.29) is 37.5 Å². The van der Waals surface area contributed by atoms with Gasteiger partial charge in [0.1, 0.15) is 13.2 Å². The van der Waals surface area contributed by atoms with Crippen LogP contribution in [0.3, 0.4) is 0 Å². The first-order valence-corrected chi connectivity index (χ1v) is 33.7. The van der Waals surface area contributed by atoms with Crippen LogP contribution in [0.1, 0.15) is 303 Å². The lowest BCUT2D eigenvalue weighted by Crippen LogP contribution is -2.30. The van der Waals surface area contributed by atoms with E-state index in [0.29, 0.717) is 12.8 Å². The van der Waals surface area contributed by atoms with Gasteiger partial charge in [-0.3, -0.25) is 14.4 Å².